The normalized spacial score (nSPS) is 12.5. The van der Waals surface area contributed by atoms with Gasteiger partial charge in [0.2, 0.25) is 6.79 Å². The Morgan fingerprint density at radius 2 is 2.16 bits per heavy atom. The lowest BCUT2D eigenvalue weighted by atomic mass is 10.2. The van der Waals surface area contributed by atoms with Gasteiger partial charge in [0.1, 0.15) is 0 Å². The molecule has 1 amide bonds. The Hall–Kier alpha value is -1.46. The van der Waals surface area contributed by atoms with Crippen LogP contribution in [0.3, 0.4) is 0 Å². The quantitative estimate of drug-likeness (QED) is 0.784. The van der Waals surface area contributed by atoms with Crippen LogP contribution in [-0.2, 0) is 0 Å². The number of nitrogens with one attached hydrogen (secondary N) is 1. The molecule has 19 heavy (non-hydrogen) atoms. The first-order chi connectivity index (χ1) is 9.22. The van der Waals surface area contributed by atoms with Crippen LogP contribution in [0.25, 0.3) is 0 Å². The maximum Gasteiger partial charge on any atom is 0.251 e. The van der Waals surface area contributed by atoms with Crippen molar-refractivity contribution in [3.63, 3.8) is 0 Å². The molecule has 0 atom stereocenters. The second-order valence-corrected chi connectivity index (χ2v) is 4.64. The van der Waals surface area contributed by atoms with Gasteiger partial charge in [-0.05, 0) is 31.4 Å². The minimum atomic E-state index is -0.191. The van der Waals surface area contributed by atoms with Crippen LogP contribution in [0, 0.1) is 0 Å². The zero-order chi connectivity index (χ0) is 13.7. The van der Waals surface area contributed by atoms with E-state index >= 15 is 0 Å². The van der Waals surface area contributed by atoms with Crippen molar-refractivity contribution in [1.82, 2.24) is 5.32 Å². The van der Waals surface area contributed by atoms with Gasteiger partial charge < -0.3 is 19.9 Å². The number of halogens is 1. The van der Waals surface area contributed by atoms with Gasteiger partial charge in [-0.1, -0.05) is 11.6 Å². The summed E-state index contributed by atoms with van der Waals surface area (Å²) in [7, 11) is 0. The standard InChI is InChI=1S/C13H16ClNO4/c14-10-6-9(7-11-12(10)19-8-18-11)13(17)15-4-2-1-3-5-16/h6-7,16H,1-5,8H2,(H,15,17). The highest BCUT2D eigenvalue weighted by atomic mass is 35.5. The monoisotopic (exact) mass is 285 g/mol. The van der Waals surface area contributed by atoms with E-state index in [9.17, 15) is 4.79 Å². The van der Waals surface area contributed by atoms with Crippen molar-refractivity contribution in [3.05, 3.63) is 22.7 Å². The average Bonchev–Trinajstić information content (AvgIpc) is 2.87. The Labute approximate surface area is 116 Å². The highest BCUT2D eigenvalue weighted by Crippen LogP contribution is 2.39. The van der Waals surface area contributed by atoms with Gasteiger partial charge in [-0.15, -0.1) is 0 Å². The van der Waals surface area contributed by atoms with E-state index in [1.807, 2.05) is 0 Å². The zero-order valence-corrected chi connectivity index (χ0v) is 11.2. The van der Waals surface area contributed by atoms with Crippen LogP contribution in [0.2, 0.25) is 5.02 Å². The zero-order valence-electron chi connectivity index (χ0n) is 10.4. The van der Waals surface area contributed by atoms with Crippen LogP contribution in [0.5, 0.6) is 11.5 Å². The lowest BCUT2D eigenvalue weighted by molar-refractivity contribution is 0.0952. The Morgan fingerprint density at radius 3 is 2.95 bits per heavy atom. The van der Waals surface area contributed by atoms with Gasteiger partial charge in [0.05, 0.1) is 5.02 Å². The molecule has 0 fully saturated rings. The van der Waals surface area contributed by atoms with E-state index in [1.54, 1.807) is 12.1 Å². The van der Waals surface area contributed by atoms with Crippen LogP contribution in [0.15, 0.2) is 12.1 Å². The Morgan fingerprint density at radius 1 is 1.32 bits per heavy atom. The number of carbonyl (C=O) groups excluding carboxylic acids is 1. The average molecular weight is 286 g/mol. The number of fused-ring (bicyclic) bond motifs is 1. The lowest BCUT2D eigenvalue weighted by Gasteiger charge is -2.06. The maximum atomic E-state index is 11.9. The van der Waals surface area contributed by atoms with Gasteiger partial charge >= 0.3 is 0 Å². The Bertz CT molecular complexity index is 464. The van der Waals surface area contributed by atoms with E-state index in [4.69, 9.17) is 26.2 Å². The lowest BCUT2D eigenvalue weighted by Crippen LogP contribution is -2.24. The molecule has 0 radical (unpaired) electrons. The van der Waals surface area contributed by atoms with Crippen LogP contribution < -0.4 is 14.8 Å². The van der Waals surface area contributed by atoms with Gasteiger partial charge in [0, 0.05) is 18.7 Å². The summed E-state index contributed by atoms with van der Waals surface area (Å²) >= 11 is 6.01. The molecule has 0 aromatic heterocycles. The third-order valence-electron chi connectivity index (χ3n) is 2.81. The van der Waals surface area contributed by atoms with Crippen molar-refractivity contribution in [3.8, 4) is 11.5 Å². The SMILES string of the molecule is O=C(NCCCCCO)c1cc(Cl)c2c(c1)OCO2. The molecule has 1 aromatic carbocycles. The summed E-state index contributed by atoms with van der Waals surface area (Å²) in [6.45, 7) is 0.887. The molecule has 1 aromatic rings. The van der Waals surface area contributed by atoms with Crippen molar-refractivity contribution in [2.24, 2.45) is 0 Å². The van der Waals surface area contributed by atoms with E-state index in [-0.39, 0.29) is 19.3 Å². The number of benzene rings is 1. The molecule has 6 heteroatoms. The van der Waals surface area contributed by atoms with E-state index in [0.29, 0.717) is 28.6 Å². The number of carbonyl (C=O) groups is 1. The van der Waals surface area contributed by atoms with Crippen LogP contribution in [0.4, 0.5) is 0 Å². The van der Waals surface area contributed by atoms with E-state index in [0.717, 1.165) is 19.3 Å². The summed E-state index contributed by atoms with van der Waals surface area (Å²) < 4.78 is 10.4. The van der Waals surface area contributed by atoms with E-state index < -0.39 is 0 Å². The second kappa shape index (κ2) is 6.63. The van der Waals surface area contributed by atoms with Crippen molar-refractivity contribution < 1.29 is 19.4 Å². The molecule has 0 saturated carbocycles. The molecule has 0 saturated heterocycles. The van der Waals surface area contributed by atoms with E-state index in [1.165, 1.54) is 0 Å². The van der Waals surface area contributed by atoms with Crippen molar-refractivity contribution in [1.29, 1.82) is 0 Å². The van der Waals surface area contributed by atoms with Crippen molar-refractivity contribution in [2.45, 2.75) is 19.3 Å². The number of ether oxygens (including phenoxy) is 2. The first-order valence-corrected chi connectivity index (χ1v) is 6.58. The molecule has 0 bridgehead atoms. The van der Waals surface area contributed by atoms with Gasteiger partial charge in [-0.3, -0.25) is 4.79 Å². The second-order valence-electron chi connectivity index (χ2n) is 4.23. The minimum Gasteiger partial charge on any atom is -0.454 e. The number of aliphatic hydroxyl groups excluding tert-OH is 1. The number of hydrogen-bond acceptors (Lipinski definition) is 4. The summed E-state index contributed by atoms with van der Waals surface area (Å²) in [5.41, 5.74) is 0.455. The molecular formula is C13H16ClNO4. The van der Waals surface area contributed by atoms with Gasteiger partial charge in [-0.25, -0.2) is 0 Å². The maximum absolute atomic E-state index is 11.9. The highest BCUT2D eigenvalue weighted by molar-refractivity contribution is 6.32. The smallest absolute Gasteiger partial charge is 0.251 e. The fourth-order valence-corrected chi connectivity index (χ4v) is 2.08. The summed E-state index contributed by atoms with van der Waals surface area (Å²) in [4.78, 5) is 11.9. The Kier molecular flexibility index (Phi) is 4.87. The molecule has 0 aliphatic carbocycles. The molecule has 0 unspecified atom stereocenters. The molecule has 5 nitrogen and oxygen atoms in total. The summed E-state index contributed by atoms with van der Waals surface area (Å²) in [6.07, 6.45) is 2.48. The highest BCUT2D eigenvalue weighted by Gasteiger charge is 2.20. The van der Waals surface area contributed by atoms with E-state index in [2.05, 4.69) is 5.32 Å². The Balaban J connectivity index is 1.91. The molecule has 1 aliphatic rings. The molecule has 1 aliphatic heterocycles. The first-order valence-electron chi connectivity index (χ1n) is 6.20. The topological polar surface area (TPSA) is 67.8 Å². The summed E-state index contributed by atoms with van der Waals surface area (Å²) in [5, 5.41) is 11.8. The van der Waals surface area contributed by atoms with Gasteiger partial charge in [0.15, 0.2) is 11.5 Å². The third-order valence-corrected chi connectivity index (χ3v) is 3.09. The van der Waals surface area contributed by atoms with Crippen molar-refractivity contribution in [2.75, 3.05) is 19.9 Å². The third kappa shape index (κ3) is 3.52. The molecule has 2 N–H and O–H groups in total. The number of aliphatic hydroxyl groups is 1. The first kappa shape index (κ1) is 14.0. The van der Waals surface area contributed by atoms with Crippen LogP contribution in [-0.4, -0.2) is 31.0 Å². The number of hydrogen-bond donors (Lipinski definition) is 2. The molecule has 2 rings (SSSR count). The predicted octanol–water partition coefficient (Wildman–Crippen LogP) is 1.96. The van der Waals surface area contributed by atoms with Gasteiger partial charge in [0.25, 0.3) is 5.91 Å². The van der Waals surface area contributed by atoms with Gasteiger partial charge in [-0.2, -0.15) is 0 Å². The minimum absolute atomic E-state index is 0.126. The summed E-state index contributed by atoms with van der Waals surface area (Å²) in [5.74, 6) is 0.795. The molecule has 1 heterocycles. The van der Waals surface area contributed by atoms with Crippen molar-refractivity contribution >= 4 is 17.5 Å². The number of rotatable bonds is 6. The summed E-state index contributed by atoms with van der Waals surface area (Å²) in [6, 6.07) is 3.19. The number of amides is 1. The predicted molar refractivity (Wildman–Crippen MR) is 70.8 cm³/mol. The van der Waals surface area contributed by atoms with Crippen LogP contribution >= 0.6 is 11.6 Å². The molecule has 0 spiro atoms. The molecule has 104 valence electrons. The largest absolute Gasteiger partial charge is 0.454 e. The fourth-order valence-electron chi connectivity index (χ4n) is 1.82. The fraction of sp³-hybridized carbons (Fsp3) is 0.462. The molecular weight excluding hydrogens is 270 g/mol. The number of unbranched alkanes of at least 4 members (excludes halogenated alkanes) is 2. The van der Waals surface area contributed by atoms with Crippen LogP contribution in [0.1, 0.15) is 29.6 Å².